The van der Waals surface area contributed by atoms with E-state index < -0.39 is 9.84 Å². The Hall–Kier alpha value is -1.73. The molecule has 1 aromatic heterocycles. The summed E-state index contributed by atoms with van der Waals surface area (Å²) in [5.74, 6) is 1.09. The molecule has 1 atom stereocenters. The molecule has 0 amide bonds. The van der Waals surface area contributed by atoms with E-state index in [0.29, 0.717) is 23.2 Å². The molecule has 1 aromatic carbocycles. The highest BCUT2D eigenvalue weighted by molar-refractivity contribution is 7.91. The average molecular weight is 279 g/mol. The number of rotatable bonds is 3. The third-order valence-electron chi connectivity index (χ3n) is 3.08. The third kappa shape index (κ3) is 2.26. The Morgan fingerprint density at radius 1 is 1.42 bits per heavy atom. The number of hydrogen-bond acceptors (Lipinski definition) is 6. The Bertz CT molecular complexity index is 709. The highest BCUT2D eigenvalue weighted by Crippen LogP contribution is 2.32. The topological polar surface area (TPSA) is 85.1 Å². The maximum Gasteiger partial charge on any atom is 0.240 e. The molecular formula is C12H13N3O3S. The van der Waals surface area contributed by atoms with Crippen LogP contribution in [0.15, 0.2) is 33.7 Å². The fourth-order valence-electron chi connectivity index (χ4n) is 2.24. The summed E-state index contributed by atoms with van der Waals surface area (Å²) in [7, 11) is -3.18. The number of nitrogens with one attached hydrogen (secondary N) is 1. The molecule has 0 spiro atoms. The average Bonchev–Trinajstić information content (AvgIpc) is 2.90. The predicted molar refractivity (Wildman–Crippen MR) is 67.1 cm³/mol. The first-order valence-electron chi connectivity index (χ1n) is 5.90. The minimum absolute atomic E-state index is 0.0689. The first-order chi connectivity index (χ1) is 9.06. The van der Waals surface area contributed by atoms with Crippen LogP contribution in [-0.4, -0.2) is 24.3 Å². The van der Waals surface area contributed by atoms with Crippen molar-refractivity contribution in [3.8, 4) is 0 Å². The SMILES string of the molecule is Cc1noc(CNC2CS(=O)(=O)c3ccccc32)n1. The van der Waals surface area contributed by atoms with Gasteiger partial charge in [-0.3, -0.25) is 0 Å². The van der Waals surface area contributed by atoms with Crippen LogP contribution in [0.1, 0.15) is 23.3 Å². The molecule has 0 bridgehead atoms. The van der Waals surface area contributed by atoms with Crippen molar-refractivity contribution in [1.82, 2.24) is 15.5 Å². The van der Waals surface area contributed by atoms with Gasteiger partial charge in [-0.25, -0.2) is 8.42 Å². The van der Waals surface area contributed by atoms with Crippen molar-refractivity contribution in [2.45, 2.75) is 24.4 Å². The van der Waals surface area contributed by atoms with Crippen LogP contribution < -0.4 is 5.32 Å². The van der Waals surface area contributed by atoms with Gasteiger partial charge in [0, 0.05) is 6.04 Å². The summed E-state index contributed by atoms with van der Waals surface area (Å²) in [6.45, 7) is 2.09. The molecule has 0 radical (unpaired) electrons. The molecule has 1 N–H and O–H groups in total. The minimum atomic E-state index is -3.18. The molecule has 6 nitrogen and oxygen atoms in total. The fourth-order valence-corrected chi connectivity index (χ4v) is 4.01. The van der Waals surface area contributed by atoms with Gasteiger partial charge < -0.3 is 9.84 Å². The number of nitrogens with zero attached hydrogens (tertiary/aromatic N) is 2. The number of fused-ring (bicyclic) bond motifs is 1. The molecule has 3 rings (SSSR count). The smallest absolute Gasteiger partial charge is 0.240 e. The summed E-state index contributed by atoms with van der Waals surface area (Å²) in [5.41, 5.74) is 0.804. The lowest BCUT2D eigenvalue weighted by atomic mass is 10.1. The lowest BCUT2D eigenvalue weighted by molar-refractivity contribution is 0.358. The number of aryl methyl sites for hydroxylation is 1. The number of sulfone groups is 1. The summed E-state index contributed by atoms with van der Waals surface area (Å²) in [6, 6.07) is 6.82. The molecule has 100 valence electrons. The summed E-state index contributed by atoms with van der Waals surface area (Å²) in [6.07, 6.45) is 0. The monoisotopic (exact) mass is 279 g/mol. The van der Waals surface area contributed by atoms with Crippen LogP contribution in [0.25, 0.3) is 0 Å². The van der Waals surface area contributed by atoms with Crippen LogP contribution >= 0.6 is 0 Å². The second kappa shape index (κ2) is 4.43. The molecule has 1 aliphatic rings. The Kier molecular flexibility index (Phi) is 2.87. The van der Waals surface area contributed by atoms with E-state index in [-0.39, 0.29) is 11.8 Å². The fraction of sp³-hybridized carbons (Fsp3) is 0.333. The van der Waals surface area contributed by atoms with Gasteiger partial charge >= 0.3 is 0 Å². The molecule has 7 heteroatoms. The van der Waals surface area contributed by atoms with Crippen LogP contribution in [0.3, 0.4) is 0 Å². The van der Waals surface area contributed by atoms with Crippen LogP contribution in [0.4, 0.5) is 0 Å². The predicted octanol–water partition coefficient (Wildman–Crippen LogP) is 0.996. The van der Waals surface area contributed by atoms with Crippen LogP contribution in [0, 0.1) is 6.92 Å². The lowest BCUT2D eigenvalue weighted by Crippen LogP contribution is -2.22. The number of aromatic nitrogens is 2. The zero-order chi connectivity index (χ0) is 13.5. The van der Waals surface area contributed by atoms with E-state index in [1.54, 1.807) is 19.1 Å². The van der Waals surface area contributed by atoms with Crippen molar-refractivity contribution in [1.29, 1.82) is 0 Å². The van der Waals surface area contributed by atoms with Crippen molar-refractivity contribution >= 4 is 9.84 Å². The second-order valence-electron chi connectivity index (χ2n) is 4.49. The van der Waals surface area contributed by atoms with Crippen molar-refractivity contribution in [2.75, 3.05) is 5.75 Å². The maximum absolute atomic E-state index is 12.0. The highest BCUT2D eigenvalue weighted by atomic mass is 32.2. The number of hydrogen-bond donors (Lipinski definition) is 1. The van der Waals surface area contributed by atoms with Gasteiger partial charge in [0.25, 0.3) is 0 Å². The summed E-state index contributed by atoms with van der Waals surface area (Å²) < 4.78 is 29.0. The van der Waals surface area contributed by atoms with Gasteiger partial charge in [0.2, 0.25) is 5.89 Å². The van der Waals surface area contributed by atoms with Gasteiger partial charge in [0.05, 0.1) is 17.2 Å². The van der Waals surface area contributed by atoms with E-state index in [1.165, 1.54) is 0 Å². The molecule has 19 heavy (non-hydrogen) atoms. The van der Waals surface area contributed by atoms with Crippen molar-refractivity contribution < 1.29 is 12.9 Å². The van der Waals surface area contributed by atoms with Crippen LogP contribution in [-0.2, 0) is 16.4 Å². The third-order valence-corrected chi connectivity index (χ3v) is 4.90. The Morgan fingerprint density at radius 2 is 2.21 bits per heavy atom. The highest BCUT2D eigenvalue weighted by Gasteiger charge is 2.34. The standard InChI is InChI=1S/C12H13N3O3S/c1-8-14-12(18-15-8)6-13-10-7-19(16,17)11-5-3-2-4-9(10)11/h2-5,10,13H,6-7H2,1H3. The Morgan fingerprint density at radius 3 is 2.95 bits per heavy atom. The van der Waals surface area contributed by atoms with Gasteiger partial charge in [-0.2, -0.15) is 4.98 Å². The summed E-state index contributed by atoms with van der Waals surface area (Å²) >= 11 is 0. The van der Waals surface area contributed by atoms with E-state index in [2.05, 4.69) is 15.5 Å². The normalized spacial score (nSPS) is 20.4. The van der Waals surface area contributed by atoms with Crippen molar-refractivity contribution in [3.63, 3.8) is 0 Å². The Balaban J connectivity index is 1.80. The van der Waals surface area contributed by atoms with Crippen molar-refractivity contribution in [2.24, 2.45) is 0 Å². The van der Waals surface area contributed by atoms with Gasteiger partial charge in [0.1, 0.15) is 0 Å². The quantitative estimate of drug-likeness (QED) is 0.902. The zero-order valence-electron chi connectivity index (χ0n) is 10.3. The molecular weight excluding hydrogens is 266 g/mol. The molecule has 2 aromatic rings. The first kappa shape index (κ1) is 12.3. The zero-order valence-corrected chi connectivity index (χ0v) is 11.1. The molecule has 1 unspecified atom stereocenters. The van der Waals surface area contributed by atoms with E-state index in [9.17, 15) is 8.42 Å². The molecule has 0 aliphatic carbocycles. The van der Waals surface area contributed by atoms with E-state index in [1.807, 2.05) is 12.1 Å². The van der Waals surface area contributed by atoms with E-state index >= 15 is 0 Å². The van der Waals surface area contributed by atoms with Gasteiger partial charge in [-0.1, -0.05) is 23.4 Å². The lowest BCUT2D eigenvalue weighted by Gasteiger charge is -2.10. The van der Waals surface area contributed by atoms with Gasteiger partial charge in [0.15, 0.2) is 15.7 Å². The molecule has 0 saturated carbocycles. The minimum Gasteiger partial charge on any atom is -0.338 e. The summed E-state index contributed by atoms with van der Waals surface area (Å²) in [4.78, 5) is 4.49. The number of benzene rings is 1. The second-order valence-corrected chi connectivity index (χ2v) is 6.49. The van der Waals surface area contributed by atoms with Crippen molar-refractivity contribution in [3.05, 3.63) is 41.5 Å². The first-order valence-corrected chi connectivity index (χ1v) is 7.56. The molecule has 0 fully saturated rings. The largest absolute Gasteiger partial charge is 0.338 e. The molecule has 2 heterocycles. The summed E-state index contributed by atoms with van der Waals surface area (Å²) in [5, 5.41) is 6.84. The van der Waals surface area contributed by atoms with Crippen LogP contribution in [0.5, 0.6) is 0 Å². The molecule has 0 saturated heterocycles. The van der Waals surface area contributed by atoms with Gasteiger partial charge in [-0.15, -0.1) is 0 Å². The van der Waals surface area contributed by atoms with Crippen LogP contribution in [0.2, 0.25) is 0 Å². The van der Waals surface area contributed by atoms with E-state index in [4.69, 9.17) is 4.52 Å². The van der Waals surface area contributed by atoms with E-state index in [0.717, 1.165) is 5.56 Å². The van der Waals surface area contributed by atoms with Gasteiger partial charge in [-0.05, 0) is 18.6 Å². The molecule has 1 aliphatic heterocycles. The Labute approximate surface area is 110 Å². The maximum atomic E-state index is 12.0.